The molecular formula is C15H23NO3. The van der Waals surface area contributed by atoms with Gasteiger partial charge in [-0.2, -0.15) is 0 Å². The molecule has 0 aromatic heterocycles. The van der Waals surface area contributed by atoms with Gasteiger partial charge in [0.15, 0.2) is 0 Å². The lowest BCUT2D eigenvalue weighted by Crippen LogP contribution is -2.38. The number of likely N-dealkylation sites (tertiary alicyclic amines) is 1. The van der Waals surface area contributed by atoms with E-state index in [4.69, 9.17) is 11.5 Å². The Morgan fingerprint density at radius 3 is 2.47 bits per heavy atom. The molecular weight excluding hydrogens is 242 g/mol. The van der Waals surface area contributed by atoms with Gasteiger partial charge in [-0.05, 0) is 38.0 Å². The summed E-state index contributed by atoms with van der Waals surface area (Å²) in [5.41, 5.74) is 0. The normalized spacial score (nSPS) is 16.1. The van der Waals surface area contributed by atoms with Crippen LogP contribution < -0.4 is 0 Å². The number of unbranched alkanes of at least 4 members (excludes halogenated alkanes) is 2. The first-order valence-corrected chi connectivity index (χ1v) is 7.06. The SMILES string of the molecule is C#CCCCCC(=O)N1CCC(CCC(=O)O)CC1. The monoisotopic (exact) mass is 265 g/mol. The zero-order valence-corrected chi connectivity index (χ0v) is 11.4. The van der Waals surface area contributed by atoms with Gasteiger partial charge in [-0.15, -0.1) is 12.3 Å². The van der Waals surface area contributed by atoms with Gasteiger partial charge in [-0.3, -0.25) is 9.59 Å². The Bertz CT molecular complexity index is 338. The van der Waals surface area contributed by atoms with Gasteiger partial charge in [0.25, 0.3) is 0 Å². The van der Waals surface area contributed by atoms with Gasteiger partial charge < -0.3 is 10.0 Å². The lowest BCUT2D eigenvalue weighted by molar-refractivity contribution is -0.138. The minimum absolute atomic E-state index is 0.216. The maximum Gasteiger partial charge on any atom is 0.303 e. The van der Waals surface area contributed by atoms with Crippen LogP contribution in [0.1, 0.15) is 51.4 Å². The first-order chi connectivity index (χ1) is 9.13. The number of hydrogen-bond acceptors (Lipinski definition) is 2. The smallest absolute Gasteiger partial charge is 0.303 e. The van der Waals surface area contributed by atoms with Crippen molar-refractivity contribution in [2.24, 2.45) is 5.92 Å². The molecule has 4 nitrogen and oxygen atoms in total. The van der Waals surface area contributed by atoms with Crippen LogP contribution in [0.4, 0.5) is 0 Å². The fourth-order valence-electron chi connectivity index (χ4n) is 2.46. The van der Waals surface area contributed by atoms with E-state index in [1.54, 1.807) is 0 Å². The molecule has 1 fully saturated rings. The molecule has 1 saturated heterocycles. The molecule has 1 aliphatic rings. The molecule has 4 heteroatoms. The average molecular weight is 265 g/mol. The van der Waals surface area contributed by atoms with E-state index in [-0.39, 0.29) is 12.3 Å². The molecule has 0 aromatic rings. The Labute approximate surface area is 115 Å². The molecule has 19 heavy (non-hydrogen) atoms. The molecule has 1 rings (SSSR count). The third kappa shape index (κ3) is 6.28. The van der Waals surface area contributed by atoms with Gasteiger partial charge in [-0.1, -0.05) is 0 Å². The highest BCUT2D eigenvalue weighted by Gasteiger charge is 2.22. The molecule has 1 aliphatic heterocycles. The topological polar surface area (TPSA) is 57.6 Å². The molecule has 0 aliphatic carbocycles. The quantitative estimate of drug-likeness (QED) is 0.567. The van der Waals surface area contributed by atoms with E-state index < -0.39 is 5.97 Å². The summed E-state index contributed by atoms with van der Waals surface area (Å²) in [6, 6.07) is 0. The highest BCUT2D eigenvalue weighted by atomic mass is 16.4. The molecule has 1 N–H and O–H groups in total. The van der Waals surface area contributed by atoms with Crippen molar-refractivity contribution in [3.8, 4) is 12.3 Å². The third-order valence-corrected chi connectivity index (χ3v) is 3.70. The number of carbonyl (C=O) groups excluding carboxylic acids is 1. The van der Waals surface area contributed by atoms with Crippen LogP contribution in [0.3, 0.4) is 0 Å². The van der Waals surface area contributed by atoms with Gasteiger partial charge in [0.2, 0.25) is 5.91 Å². The Balaban J connectivity index is 2.16. The lowest BCUT2D eigenvalue weighted by Gasteiger charge is -2.32. The molecule has 0 atom stereocenters. The summed E-state index contributed by atoms with van der Waals surface area (Å²) in [7, 11) is 0. The number of carboxylic acid groups (broad SMARTS) is 1. The van der Waals surface area contributed by atoms with Crippen molar-refractivity contribution in [1.29, 1.82) is 0 Å². The average Bonchev–Trinajstić information content (AvgIpc) is 2.41. The van der Waals surface area contributed by atoms with E-state index >= 15 is 0 Å². The van der Waals surface area contributed by atoms with Crippen molar-refractivity contribution in [2.45, 2.75) is 51.4 Å². The standard InChI is InChI=1S/C15H23NO3/c1-2-3-4-5-6-14(17)16-11-9-13(10-12-16)7-8-15(18)19/h1,13H,3-12H2,(H,18,19). The summed E-state index contributed by atoms with van der Waals surface area (Å²) >= 11 is 0. The zero-order chi connectivity index (χ0) is 14.1. The number of carbonyl (C=O) groups is 2. The van der Waals surface area contributed by atoms with Gasteiger partial charge in [0, 0.05) is 32.4 Å². The molecule has 0 aromatic carbocycles. The van der Waals surface area contributed by atoms with Crippen molar-refractivity contribution >= 4 is 11.9 Å². The molecule has 106 valence electrons. The summed E-state index contributed by atoms with van der Waals surface area (Å²) in [6.45, 7) is 1.55. The summed E-state index contributed by atoms with van der Waals surface area (Å²) < 4.78 is 0. The van der Waals surface area contributed by atoms with Crippen molar-refractivity contribution < 1.29 is 14.7 Å². The number of terminal acetylenes is 1. The van der Waals surface area contributed by atoms with E-state index in [9.17, 15) is 9.59 Å². The Hall–Kier alpha value is -1.50. The molecule has 0 radical (unpaired) electrons. The second-order valence-electron chi connectivity index (χ2n) is 5.17. The number of aliphatic carboxylic acids is 1. The first kappa shape index (κ1) is 15.6. The summed E-state index contributed by atoms with van der Waals surface area (Å²) in [6.07, 6.45) is 11.1. The highest BCUT2D eigenvalue weighted by molar-refractivity contribution is 5.76. The zero-order valence-electron chi connectivity index (χ0n) is 11.4. The third-order valence-electron chi connectivity index (χ3n) is 3.70. The predicted molar refractivity (Wildman–Crippen MR) is 73.5 cm³/mol. The predicted octanol–water partition coefficient (Wildman–Crippen LogP) is 2.28. The summed E-state index contributed by atoms with van der Waals surface area (Å²) in [5, 5.41) is 8.65. The first-order valence-electron chi connectivity index (χ1n) is 7.06. The maximum absolute atomic E-state index is 11.9. The Kier molecular flexibility index (Phi) is 7.02. The fourth-order valence-corrected chi connectivity index (χ4v) is 2.46. The Morgan fingerprint density at radius 2 is 1.89 bits per heavy atom. The van der Waals surface area contributed by atoms with Gasteiger partial charge in [-0.25, -0.2) is 0 Å². The van der Waals surface area contributed by atoms with E-state index in [0.29, 0.717) is 12.3 Å². The minimum Gasteiger partial charge on any atom is -0.481 e. The molecule has 0 saturated carbocycles. The van der Waals surface area contributed by atoms with Crippen molar-refractivity contribution in [3.05, 3.63) is 0 Å². The number of nitrogens with zero attached hydrogens (tertiary/aromatic N) is 1. The van der Waals surface area contributed by atoms with Gasteiger partial charge in [0.05, 0.1) is 0 Å². The Morgan fingerprint density at radius 1 is 1.21 bits per heavy atom. The lowest BCUT2D eigenvalue weighted by atomic mass is 9.92. The molecule has 0 unspecified atom stereocenters. The van der Waals surface area contributed by atoms with Crippen LogP contribution in [-0.4, -0.2) is 35.0 Å². The number of hydrogen-bond donors (Lipinski definition) is 1. The number of rotatable bonds is 7. The van der Waals surface area contributed by atoms with E-state index in [1.165, 1.54) is 0 Å². The summed E-state index contributed by atoms with van der Waals surface area (Å²) in [4.78, 5) is 24.3. The van der Waals surface area contributed by atoms with Crippen LogP contribution in [0.25, 0.3) is 0 Å². The van der Waals surface area contributed by atoms with E-state index in [0.717, 1.165) is 51.6 Å². The molecule has 1 amide bonds. The fraction of sp³-hybridized carbons (Fsp3) is 0.733. The van der Waals surface area contributed by atoms with Crippen molar-refractivity contribution in [2.75, 3.05) is 13.1 Å². The molecule has 0 spiro atoms. The van der Waals surface area contributed by atoms with E-state index in [1.807, 2.05) is 4.90 Å². The largest absolute Gasteiger partial charge is 0.481 e. The van der Waals surface area contributed by atoms with Crippen LogP contribution in [-0.2, 0) is 9.59 Å². The van der Waals surface area contributed by atoms with Crippen molar-refractivity contribution in [3.63, 3.8) is 0 Å². The van der Waals surface area contributed by atoms with Crippen LogP contribution in [0.15, 0.2) is 0 Å². The van der Waals surface area contributed by atoms with Crippen molar-refractivity contribution in [1.82, 2.24) is 4.90 Å². The summed E-state index contributed by atoms with van der Waals surface area (Å²) in [5.74, 6) is 2.52. The number of amides is 1. The second kappa shape index (κ2) is 8.58. The number of piperidine rings is 1. The van der Waals surface area contributed by atoms with Crippen LogP contribution in [0, 0.1) is 18.3 Å². The number of carboxylic acids is 1. The minimum atomic E-state index is -0.730. The van der Waals surface area contributed by atoms with Crippen LogP contribution in [0.5, 0.6) is 0 Å². The van der Waals surface area contributed by atoms with E-state index in [2.05, 4.69) is 5.92 Å². The van der Waals surface area contributed by atoms with Crippen LogP contribution >= 0.6 is 0 Å². The molecule has 0 bridgehead atoms. The van der Waals surface area contributed by atoms with Gasteiger partial charge >= 0.3 is 5.97 Å². The van der Waals surface area contributed by atoms with Crippen LogP contribution in [0.2, 0.25) is 0 Å². The highest BCUT2D eigenvalue weighted by Crippen LogP contribution is 2.22. The maximum atomic E-state index is 11.9. The second-order valence-corrected chi connectivity index (χ2v) is 5.17. The molecule has 1 heterocycles. The van der Waals surface area contributed by atoms with Gasteiger partial charge in [0.1, 0.15) is 0 Å².